The molecule has 1 saturated heterocycles. The van der Waals surface area contributed by atoms with Gasteiger partial charge in [-0.2, -0.15) is 0 Å². The van der Waals surface area contributed by atoms with Gasteiger partial charge in [-0.05, 0) is 31.7 Å². The summed E-state index contributed by atoms with van der Waals surface area (Å²) in [5.74, 6) is 0.863. The molecule has 1 aliphatic heterocycles. The van der Waals surface area contributed by atoms with Crippen LogP contribution in [0.4, 0.5) is 0 Å². The van der Waals surface area contributed by atoms with Crippen molar-refractivity contribution in [2.24, 2.45) is 17.6 Å². The molecule has 0 radical (unpaired) electrons. The minimum Gasteiger partial charge on any atom is -0.394 e. The van der Waals surface area contributed by atoms with Crippen LogP contribution < -0.4 is 5.73 Å². The number of morpholine rings is 1. The van der Waals surface area contributed by atoms with Gasteiger partial charge in [0.15, 0.2) is 0 Å². The molecule has 3 atom stereocenters. The van der Waals surface area contributed by atoms with Gasteiger partial charge in [0.2, 0.25) is 5.91 Å². The average molecular weight is 256 g/mol. The first-order valence-corrected chi connectivity index (χ1v) is 6.96. The van der Waals surface area contributed by atoms with Crippen LogP contribution in [0.2, 0.25) is 0 Å². The number of ether oxygens (including phenoxy) is 1. The zero-order valence-electron chi connectivity index (χ0n) is 10.9. The van der Waals surface area contributed by atoms with Crippen molar-refractivity contribution in [2.75, 3.05) is 32.8 Å². The topological polar surface area (TPSA) is 75.8 Å². The number of hydrogen-bond donors (Lipinski definition) is 2. The van der Waals surface area contributed by atoms with Gasteiger partial charge in [-0.3, -0.25) is 4.79 Å². The van der Waals surface area contributed by atoms with Crippen molar-refractivity contribution >= 4 is 5.91 Å². The Balaban J connectivity index is 1.89. The number of nitrogens with zero attached hydrogens (tertiary/aromatic N) is 1. The minimum atomic E-state index is -0.211. The van der Waals surface area contributed by atoms with E-state index in [0.717, 1.165) is 25.7 Å². The van der Waals surface area contributed by atoms with E-state index in [9.17, 15) is 4.79 Å². The van der Waals surface area contributed by atoms with Gasteiger partial charge in [-0.25, -0.2) is 0 Å². The number of nitrogens with two attached hydrogens (primary N) is 1. The van der Waals surface area contributed by atoms with Gasteiger partial charge in [0.05, 0.1) is 19.3 Å². The molecule has 0 bridgehead atoms. The number of rotatable bonds is 3. The zero-order valence-corrected chi connectivity index (χ0v) is 10.9. The molecule has 5 nitrogen and oxygen atoms in total. The fraction of sp³-hybridized carbons (Fsp3) is 0.923. The molecule has 1 amide bonds. The fourth-order valence-corrected chi connectivity index (χ4v) is 3.02. The Kier molecular flexibility index (Phi) is 4.97. The van der Waals surface area contributed by atoms with Gasteiger partial charge >= 0.3 is 0 Å². The van der Waals surface area contributed by atoms with Crippen molar-refractivity contribution in [3.63, 3.8) is 0 Å². The monoisotopic (exact) mass is 256 g/mol. The molecule has 0 aromatic heterocycles. The molecule has 1 aliphatic carbocycles. The summed E-state index contributed by atoms with van der Waals surface area (Å²) in [6.45, 7) is 2.38. The zero-order chi connectivity index (χ0) is 13.0. The van der Waals surface area contributed by atoms with Crippen LogP contribution in [0.5, 0.6) is 0 Å². The molecule has 2 rings (SSSR count). The maximum atomic E-state index is 12.4. The van der Waals surface area contributed by atoms with Gasteiger partial charge in [0, 0.05) is 19.0 Å². The molecule has 2 aliphatic rings. The third-order valence-electron chi connectivity index (χ3n) is 4.12. The molecule has 0 spiro atoms. The van der Waals surface area contributed by atoms with E-state index < -0.39 is 0 Å². The summed E-state index contributed by atoms with van der Waals surface area (Å²) < 4.78 is 5.37. The van der Waals surface area contributed by atoms with Crippen LogP contribution in [0, 0.1) is 11.8 Å². The third kappa shape index (κ3) is 3.22. The molecule has 0 aromatic rings. The van der Waals surface area contributed by atoms with E-state index in [1.165, 1.54) is 0 Å². The van der Waals surface area contributed by atoms with Crippen molar-refractivity contribution in [1.29, 1.82) is 0 Å². The Bertz CT molecular complexity index is 259. The molecule has 3 unspecified atom stereocenters. The van der Waals surface area contributed by atoms with Gasteiger partial charge in [0.1, 0.15) is 0 Å². The molecule has 1 heterocycles. The highest BCUT2D eigenvalue weighted by Gasteiger charge is 2.32. The third-order valence-corrected chi connectivity index (χ3v) is 4.12. The smallest absolute Gasteiger partial charge is 0.225 e. The Hall–Kier alpha value is -0.650. The van der Waals surface area contributed by atoms with E-state index in [0.29, 0.717) is 32.2 Å². The lowest BCUT2D eigenvalue weighted by molar-refractivity contribution is -0.146. The molecule has 2 fully saturated rings. The minimum absolute atomic E-state index is 0.0140. The van der Waals surface area contributed by atoms with Gasteiger partial charge < -0.3 is 20.5 Å². The largest absolute Gasteiger partial charge is 0.394 e. The van der Waals surface area contributed by atoms with Gasteiger partial charge in [-0.1, -0.05) is 6.42 Å². The summed E-state index contributed by atoms with van der Waals surface area (Å²) in [6, 6.07) is 0. The molecule has 3 N–H and O–H groups in total. The maximum absolute atomic E-state index is 12.4. The Morgan fingerprint density at radius 3 is 3.00 bits per heavy atom. The number of carbonyl (C=O) groups is 1. The predicted octanol–water partition coefficient (Wildman–Crippen LogP) is -0.0288. The molecule has 5 heteroatoms. The molecular weight excluding hydrogens is 232 g/mol. The lowest BCUT2D eigenvalue weighted by Crippen LogP contribution is -2.49. The summed E-state index contributed by atoms with van der Waals surface area (Å²) in [5.41, 5.74) is 5.71. The second kappa shape index (κ2) is 6.50. The second-order valence-corrected chi connectivity index (χ2v) is 5.42. The highest BCUT2D eigenvalue weighted by molar-refractivity contribution is 5.79. The Labute approximate surface area is 108 Å². The van der Waals surface area contributed by atoms with Crippen molar-refractivity contribution in [2.45, 2.75) is 31.8 Å². The first-order chi connectivity index (χ1) is 8.74. The first kappa shape index (κ1) is 13.8. The van der Waals surface area contributed by atoms with Crippen molar-refractivity contribution in [1.82, 2.24) is 4.90 Å². The lowest BCUT2D eigenvalue weighted by atomic mass is 9.80. The Morgan fingerprint density at radius 1 is 1.44 bits per heavy atom. The van der Waals surface area contributed by atoms with Crippen LogP contribution in [-0.4, -0.2) is 54.9 Å². The highest BCUT2D eigenvalue weighted by atomic mass is 16.5. The second-order valence-electron chi connectivity index (χ2n) is 5.42. The summed E-state index contributed by atoms with van der Waals surface area (Å²) in [6.07, 6.45) is 3.96. The van der Waals surface area contributed by atoms with Gasteiger partial charge in [0.25, 0.3) is 0 Å². The highest BCUT2D eigenvalue weighted by Crippen LogP contribution is 2.30. The predicted molar refractivity (Wildman–Crippen MR) is 67.9 cm³/mol. The summed E-state index contributed by atoms with van der Waals surface area (Å²) in [7, 11) is 0. The quantitative estimate of drug-likeness (QED) is 0.743. The van der Waals surface area contributed by atoms with Crippen LogP contribution in [0.15, 0.2) is 0 Å². The van der Waals surface area contributed by atoms with Crippen molar-refractivity contribution in [3.05, 3.63) is 0 Å². The number of aliphatic hydroxyl groups is 1. The van der Waals surface area contributed by atoms with E-state index >= 15 is 0 Å². The van der Waals surface area contributed by atoms with E-state index in [4.69, 9.17) is 15.6 Å². The van der Waals surface area contributed by atoms with Crippen LogP contribution in [0.25, 0.3) is 0 Å². The molecule has 0 aromatic carbocycles. The number of aliphatic hydroxyl groups excluding tert-OH is 1. The maximum Gasteiger partial charge on any atom is 0.225 e. The average Bonchev–Trinajstić information content (AvgIpc) is 2.46. The van der Waals surface area contributed by atoms with Gasteiger partial charge in [-0.15, -0.1) is 0 Å². The fourth-order valence-electron chi connectivity index (χ4n) is 3.02. The van der Waals surface area contributed by atoms with E-state index in [-0.39, 0.29) is 24.5 Å². The van der Waals surface area contributed by atoms with E-state index in [2.05, 4.69) is 0 Å². The number of carbonyl (C=O) groups excluding carboxylic acids is 1. The summed E-state index contributed by atoms with van der Waals surface area (Å²) in [5, 5.41) is 9.10. The van der Waals surface area contributed by atoms with Crippen LogP contribution in [0.3, 0.4) is 0 Å². The van der Waals surface area contributed by atoms with Crippen LogP contribution in [-0.2, 0) is 9.53 Å². The normalized spacial score (nSPS) is 33.4. The molecule has 18 heavy (non-hydrogen) atoms. The first-order valence-electron chi connectivity index (χ1n) is 6.96. The summed E-state index contributed by atoms with van der Waals surface area (Å²) >= 11 is 0. The molecule has 104 valence electrons. The van der Waals surface area contributed by atoms with E-state index in [1.54, 1.807) is 0 Å². The van der Waals surface area contributed by atoms with Crippen molar-refractivity contribution < 1.29 is 14.6 Å². The standard InChI is InChI=1S/C13H24N2O3/c14-7-10-2-1-3-11(6-10)13(17)15-4-5-18-12(8-15)9-16/h10-12,16H,1-9,14H2. The molecule has 1 saturated carbocycles. The summed E-state index contributed by atoms with van der Waals surface area (Å²) in [4.78, 5) is 14.3. The van der Waals surface area contributed by atoms with E-state index in [1.807, 2.05) is 4.90 Å². The van der Waals surface area contributed by atoms with Crippen molar-refractivity contribution in [3.8, 4) is 0 Å². The number of amides is 1. The SMILES string of the molecule is NCC1CCCC(C(=O)N2CCOC(CO)C2)C1. The number of hydrogen-bond acceptors (Lipinski definition) is 4. The Morgan fingerprint density at radius 2 is 2.28 bits per heavy atom. The van der Waals surface area contributed by atoms with Crippen LogP contribution in [0.1, 0.15) is 25.7 Å². The molecular formula is C13H24N2O3. The lowest BCUT2D eigenvalue weighted by Gasteiger charge is -2.36. The van der Waals surface area contributed by atoms with Crippen LogP contribution >= 0.6 is 0 Å².